The van der Waals surface area contributed by atoms with Gasteiger partial charge in [0.2, 0.25) is 5.71 Å². The zero-order valence-corrected chi connectivity index (χ0v) is 26.1. The predicted molar refractivity (Wildman–Crippen MR) is 200 cm³/mol. The Morgan fingerprint density at radius 3 is 2.04 bits per heavy atom. The van der Waals surface area contributed by atoms with Crippen LogP contribution < -0.4 is 26.4 Å². The van der Waals surface area contributed by atoms with Crippen LogP contribution in [0.4, 0.5) is 34.1 Å². The van der Waals surface area contributed by atoms with E-state index in [1.165, 1.54) is 49.0 Å². The van der Waals surface area contributed by atoms with E-state index >= 15 is 0 Å². The maximum absolute atomic E-state index is 6.88. The number of hydrogen-bond donors (Lipinski definition) is 0. The van der Waals surface area contributed by atoms with E-state index < -0.39 is 0 Å². The summed E-state index contributed by atoms with van der Waals surface area (Å²) in [6.45, 7) is -0.182. The van der Waals surface area contributed by atoms with Gasteiger partial charge in [0.25, 0.3) is 6.71 Å². The smallest absolute Gasteiger partial charge is 0.297 e. The largest absolute Gasteiger partial charge is 0.450 e. The van der Waals surface area contributed by atoms with Crippen molar-refractivity contribution in [1.82, 2.24) is 14.4 Å². The fraction of sp³-hybridized carbons (Fsp3) is 0. The van der Waals surface area contributed by atoms with Gasteiger partial charge in [0.15, 0.2) is 0 Å². The molecule has 7 heterocycles. The number of rotatable bonds is 2. The summed E-state index contributed by atoms with van der Waals surface area (Å²) in [5, 5.41) is 6.01. The van der Waals surface area contributed by atoms with E-state index in [1.807, 2.05) is 24.7 Å². The number of nitrogens with zero attached hydrogens (tertiary/aromatic N) is 5. The molecule has 0 fully saturated rings. The Morgan fingerprint density at radius 1 is 0.551 bits per heavy atom. The quantitative estimate of drug-likeness (QED) is 0.181. The summed E-state index contributed by atoms with van der Waals surface area (Å²) in [6.07, 6.45) is 5.84. The number of pyridine rings is 2. The van der Waals surface area contributed by atoms with Gasteiger partial charge in [0, 0.05) is 44.8 Å². The van der Waals surface area contributed by atoms with Crippen molar-refractivity contribution in [2.45, 2.75) is 0 Å². The summed E-state index contributed by atoms with van der Waals surface area (Å²) >= 11 is 0. The Bertz CT molecular complexity index is 2970. The Kier molecular flexibility index (Phi) is 4.71. The minimum absolute atomic E-state index is 0.182. The second kappa shape index (κ2) is 9.05. The second-order valence-corrected chi connectivity index (χ2v) is 13.0. The molecule has 49 heavy (non-hydrogen) atoms. The molecule has 2 aliphatic rings. The first-order chi connectivity index (χ1) is 24.3. The standard InChI is InChI=1S/C42H24BN5O/c1-3-11-25(12-4-1)46-35-21-31-29-17-9-16-28-27-15-7-8-19-33(27)48(39(28)29)34(31)22-32(35)43-38-36(46)23-44-24-37(38)47(26-13-5-2-6-14-26)40-30-18-10-20-45-42(30)49-41(40)43/h1-24H. The molecule has 0 unspecified atom stereocenters. The van der Waals surface area contributed by atoms with Crippen LogP contribution in [0.5, 0.6) is 0 Å². The SMILES string of the molecule is c1ccc(N2c3cc4c5cccc6c7ccccc7n(c4cc3B3c4oc7ncccc7c4N(c4ccccc4)c4cncc2c43)c65)cc1. The number of aromatic nitrogens is 3. The van der Waals surface area contributed by atoms with Crippen molar-refractivity contribution in [3.63, 3.8) is 0 Å². The molecule has 6 nitrogen and oxygen atoms in total. The highest BCUT2D eigenvalue weighted by Crippen LogP contribution is 2.47. The first-order valence-corrected chi connectivity index (χ1v) is 16.6. The van der Waals surface area contributed by atoms with Crippen LogP contribution in [0.3, 0.4) is 0 Å². The van der Waals surface area contributed by atoms with Gasteiger partial charge >= 0.3 is 0 Å². The molecule has 0 amide bonds. The van der Waals surface area contributed by atoms with Gasteiger partial charge in [-0.15, -0.1) is 0 Å². The molecule has 0 aliphatic carbocycles. The molecule has 0 radical (unpaired) electrons. The van der Waals surface area contributed by atoms with Crippen molar-refractivity contribution >= 4 is 107 Å². The normalized spacial score (nSPS) is 13.6. The van der Waals surface area contributed by atoms with Gasteiger partial charge in [-0.05, 0) is 65.5 Å². The van der Waals surface area contributed by atoms with E-state index in [2.05, 4.69) is 136 Å². The van der Waals surface area contributed by atoms with Crippen molar-refractivity contribution in [3.05, 3.63) is 146 Å². The molecule has 0 saturated heterocycles. The van der Waals surface area contributed by atoms with Gasteiger partial charge in [0.1, 0.15) is 5.66 Å². The van der Waals surface area contributed by atoms with Crippen molar-refractivity contribution in [1.29, 1.82) is 0 Å². The lowest BCUT2D eigenvalue weighted by atomic mass is 9.35. The first kappa shape index (κ1) is 25.5. The topological polar surface area (TPSA) is 49.8 Å². The lowest BCUT2D eigenvalue weighted by Crippen LogP contribution is -2.61. The zero-order chi connectivity index (χ0) is 31.8. The molecule has 0 N–H and O–H groups in total. The van der Waals surface area contributed by atoms with Gasteiger partial charge in [0.05, 0.1) is 51.4 Å². The average molecular weight is 626 g/mol. The van der Waals surface area contributed by atoms with Crippen LogP contribution in [0.25, 0.3) is 49.2 Å². The lowest BCUT2D eigenvalue weighted by molar-refractivity contribution is 0.637. The van der Waals surface area contributed by atoms with Crippen LogP contribution in [0.2, 0.25) is 0 Å². The van der Waals surface area contributed by atoms with Crippen molar-refractivity contribution in [2.24, 2.45) is 0 Å². The fourth-order valence-electron chi connectivity index (χ4n) is 8.75. The number of para-hydroxylation sites is 4. The van der Waals surface area contributed by atoms with Gasteiger partial charge in [-0.25, -0.2) is 4.98 Å². The molecular formula is C42H24BN5O. The van der Waals surface area contributed by atoms with Crippen LogP contribution in [-0.4, -0.2) is 21.1 Å². The summed E-state index contributed by atoms with van der Waals surface area (Å²) in [4.78, 5) is 14.3. The van der Waals surface area contributed by atoms with Gasteiger partial charge in [-0.1, -0.05) is 72.8 Å². The first-order valence-electron chi connectivity index (χ1n) is 16.6. The monoisotopic (exact) mass is 625 g/mol. The highest BCUT2D eigenvalue weighted by molar-refractivity contribution is 7.00. The molecule has 7 heteroatoms. The number of hydrogen-bond acceptors (Lipinski definition) is 5. The van der Waals surface area contributed by atoms with E-state index in [1.54, 1.807) is 0 Å². The molecule has 12 rings (SSSR count). The minimum atomic E-state index is -0.182. The minimum Gasteiger partial charge on any atom is -0.450 e. The Balaban J connectivity index is 1.26. The molecular weight excluding hydrogens is 601 g/mol. The fourth-order valence-corrected chi connectivity index (χ4v) is 8.75. The molecule has 5 aromatic heterocycles. The molecule has 226 valence electrons. The van der Waals surface area contributed by atoms with Crippen molar-refractivity contribution in [2.75, 3.05) is 9.80 Å². The van der Waals surface area contributed by atoms with Crippen LogP contribution in [-0.2, 0) is 0 Å². The van der Waals surface area contributed by atoms with Crippen LogP contribution >= 0.6 is 0 Å². The number of benzene rings is 5. The Hall–Kier alpha value is -6.60. The molecule has 10 aromatic rings. The van der Waals surface area contributed by atoms with Crippen molar-refractivity contribution < 1.29 is 4.42 Å². The third-order valence-corrected chi connectivity index (χ3v) is 10.6. The van der Waals surface area contributed by atoms with E-state index in [-0.39, 0.29) is 6.71 Å². The molecule has 2 aliphatic heterocycles. The van der Waals surface area contributed by atoms with Gasteiger partial charge < -0.3 is 18.6 Å². The molecule has 0 spiro atoms. The third-order valence-electron chi connectivity index (χ3n) is 10.6. The van der Waals surface area contributed by atoms with E-state index in [4.69, 9.17) is 14.4 Å². The highest BCUT2D eigenvalue weighted by Gasteiger charge is 2.47. The molecule has 0 atom stereocenters. The Morgan fingerprint density at radius 2 is 1.22 bits per heavy atom. The van der Waals surface area contributed by atoms with Gasteiger partial charge in [-0.3, -0.25) is 4.98 Å². The predicted octanol–water partition coefficient (Wildman–Crippen LogP) is 8.46. The lowest BCUT2D eigenvalue weighted by Gasteiger charge is -2.41. The third kappa shape index (κ3) is 3.13. The summed E-state index contributed by atoms with van der Waals surface area (Å²) in [5.74, 6) is 0. The average Bonchev–Trinajstić information content (AvgIpc) is 3.82. The van der Waals surface area contributed by atoms with Crippen LogP contribution in [0.15, 0.2) is 150 Å². The van der Waals surface area contributed by atoms with Crippen LogP contribution in [0.1, 0.15) is 0 Å². The maximum Gasteiger partial charge on any atom is 0.297 e. The summed E-state index contributed by atoms with van der Waals surface area (Å²) < 4.78 is 9.35. The molecule has 0 bridgehead atoms. The molecule has 0 saturated carbocycles. The van der Waals surface area contributed by atoms with Gasteiger partial charge in [-0.2, -0.15) is 0 Å². The van der Waals surface area contributed by atoms with Crippen LogP contribution in [0, 0.1) is 0 Å². The zero-order valence-electron chi connectivity index (χ0n) is 26.1. The Labute approximate surface area is 280 Å². The number of fused-ring (bicyclic) bond motifs is 12. The summed E-state index contributed by atoms with van der Waals surface area (Å²) in [5.41, 5.74) is 13.9. The maximum atomic E-state index is 6.88. The highest BCUT2D eigenvalue weighted by atomic mass is 16.3. The molecule has 5 aromatic carbocycles. The van der Waals surface area contributed by atoms with E-state index in [0.717, 1.165) is 45.2 Å². The second-order valence-electron chi connectivity index (χ2n) is 13.0. The number of furan rings is 1. The number of anilines is 6. The van der Waals surface area contributed by atoms with E-state index in [9.17, 15) is 0 Å². The summed E-state index contributed by atoms with van der Waals surface area (Å²) in [6, 6.07) is 45.6. The summed E-state index contributed by atoms with van der Waals surface area (Å²) in [7, 11) is 0. The van der Waals surface area contributed by atoms with Crippen molar-refractivity contribution in [3.8, 4) is 0 Å². The van der Waals surface area contributed by atoms with E-state index in [0.29, 0.717) is 5.71 Å².